The zero-order valence-electron chi connectivity index (χ0n) is 10.3. The van der Waals surface area contributed by atoms with E-state index < -0.39 is 17.8 Å². The van der Waals surface area contributed by atoms with Crippen molar-refractivity contribution in [2.24, 2.45) is 0 Å². The number of anilines is 1. The Hall–Kier alpha value is -2.51. The quantitative estimate of drug-likeness (QED) is 0.678. The van der Waals surface area contributed by atoms with Crippen molar-refractivity contribution >= 4 is 11.7 Å². The summed E-state index contributed by atoms with van der Waals surface area (Å²) >= 11 is 0. The zero-order chi connectivity index (χ0) is 14.9. The summed E-state index contributed by atoms with van der Waals surface area (Å²) in [7, 11) is 1.18. The molecule has 0 aliphatic carbocycles. The molecule has 8 heteroatoms. The number of rotatable bonds is 2. The number of nitrogens with two attached hydrogens (primary N) is 1. The number of methoxy groups -OCH3 is 1. The predicted molar refractivity (Wildman–Crippen MR) is 64.3 cm³/mol. The van der Waals surface area contributed by atoms with Gasteiger partial charge in [0.1, 0.15) is 0 Å². The van der Waals surface area contributed by atoms with Gasteiger partial charge in [0.25, 0.3) is 0 Å². The monoisotopic (exact) mass is 285 g/mol. The lowest BCUT2D eigenvalue weighted by Gasteiger charge is -2.07. The Bertz CT molecular complexity index is 650. The Morgan fingerprint density at radius 3 is 2.60 bits per heavy atom. The highest BCUT2D eigenvalue weighted by Crippen LogP contribution is 2.28. The second-order valence-electron chi connectivity index (χ2n) is 3.91. The van der Waals surface area contributed by atoms with Crippen molar-refractivity contribution in [3.63, 3.8) is 0 Å². The van der Waals surface area contributed by atoms with Crippen LogP contribution in [-0.4, -0.2) is 22.9 Å². The van der Waals surface area contributed by atoms with Crippen LogP contribution in [-0.2, 0) is 10.9 Å². The van der Waals surface area contributed by atoms with Crippen LogP contribution in [0.5, 0.6) is 0 Å². The number of nitrogens with zero attached hydrogens (tertiary/aromatic N) is 2. The molecular formula is C12H10F3N3O2. The molecule has 0 atom stereocenters. The van der Waals surface area contributed by atoms with E-state index in [1.54, 1.807) is 0 Å². The van der Waals surface area contributed by atoms with Gasteiger partial charge in [0.05, 0.1) is 18.4 Å². The van der Waals surface area contributed by atoms with Crippen molar-refractivity contribution in [2.45, 2.75) is 6.18 Å². The molecular weight excluding hydrogens is 275 g/mol. The largest absolute Gasteiger partial charge is 0.465 e. The van der Waals surface area contributed by atoms with E-state index in [-0.39, 0.29) is 16.9 Å². The molecule has 1 aromatic carbocycles. The highest BCUT2D eigenvalue weighted by molar-refractivity contribution is 5.95. The van der Waals surface area contributed by atoms with E-state index in [4.69, 9.17) is 5.73 Å². The molecule has 2 rings (SSSR count). The second-order valence-corrected chi connectivity index (χ2v) is 3.91. The number of esters is 1. The molecule has 5 nitrogen and oxygen atoms in total. The van der Waals surface area contributed by atoms with Crippen LogP contribution in [0.15, 0.2) is 30.5 Å². The van der Waals surface area contributed by atoms with E-state index in [1.807, 2.05) is 0 Å². The molecule has 0 aliphatic rings. The van der Waals surface area contributed by atoms with E-state index in [1.165, 1.54) is 25.3 Å². The van der Waals surface area contributed by atoms with Crippen molar-refractivity contribution in [3.05, 3.63) is 41.7 Å². The molecule has 0 fully saturated rings. The number of hydrogen-bond acceptors (Lipinski definition) is 4. The highest BCUT2D eigenvalue weighted by atomic mass is 19.4. The van der Waals surface area contributed by atoms with Crippen molar-refractivity contribution < 1.29 is 22.7 Å². The number of nitrogen functional groups attached to an aromatic ring is 1. The Labute approximate surface area is 111 Å². The smallest absolute Gasteiger partial charge is 0.435 e. The average Bonchev–Trinajstić information content (AvgIpc) is 2.88. The molecule has 0 amide bonds. The Kier molecular flexibility index (Phi) is 3.39. The molecule has 0 aliphatic heterocycles. The summed E-state index contributed by atoms with van der Waals surface area (Å²) in [6.45, 7) is 0. The van der Waals surface area contributed by atoms with Gasteiger partial charge < -0.3 is 10.5 Å². The number of ether oxygens (including phenoxy) is 1. The van der Waals surface area contributed by atoms with Crippen molar-refractivity contribution in [3.8, 4) is 5.69 Å². The van der Waals surface area contributed by atoms with Gasteiger partial charge in [-0.1, -0.05) is 0 Å². The lowest BCUT2D eigenvalue weighted by Crippen LogP contribution is -2.09. The average molecular weight is 285 g/mol. The van der Waals surface area contributed by atoms with Gasteiger partial charge >= 0.3 is 12.1 Å². The summed E-state index contributed by atoms with van der Waals surface area (Å²) in [4.78, 5) is 11.5. The minimum absolute atomic E-state index is 0.0639. The van der Waals surface area contributed by atoms with Crippen LogP contribution in [0.4, 0.5) is 18.9 Å². The molecule has 0 spiro atoms. The van der Waals surface area contributed by atoms with Gasteiger partial charge in [0.2, 0.25) is 0 Å². The molecule has 2 N–H and O–H groups in total. The van der Waals surface area contributed by atoms with Crippen LogP contribution in [0, 0.1) is 0 Å². The number of benzene rings is 1. The van der Waals surface area contributed by atoms with Gasteiger partial charge in [-0.05, 0) is 24.3 Å². The summed E-state index contributed by atoms with van der Waals surface area (Å²) in [6, 6.07) is 5.01. The maximum Gasteiger partial charge on any atom is 0.435 e. The van der Waals surface area contributed by atoms with Crippen molar-refractivity contribution in [1.82, 2.24) is 9.78 Å². The maximum atomic E-state index is 12.5. The maximum absolute atomic E-state index is 12.5. The van der Waals surface area contributed by atoms with E-state index >= 15 is 0 Å². The van der Waals surface area contributed by atoms with Crippen LogP contribution in [0.25, 0.3) is 5.69 Å². The van der Waals surface area contributed by atoms with Crippen molar-refractivity contribution in [2.75, 3.05) is 12.8 Å². The van der Waals surface area contributed by atoms with E-state index in [2.05, 4.69) is 9.84 Å². The first-order chi connectivity index (χ1) is 9.32. The molecule has 0 radical (unpaired) electrons. The Morgan fingerprint density at radius 1 is 1.35 bits per heavy atom. The third kappa shape index (κ3) is 2.58. The number of halogens is 3. The molecule has 0 bridgehead atoms. The van der Waals surface area contributed by atoms with Crippen molar-refractivity contribution in [1.29, 1.82) is 0 Å². The van der Waals surface area contributed by atoms with Crippen LogP contribution in [0.1, 0.15) is 16.1 Å². The fraction of sp³-hybridized carbons (Fsp3) is 0.167. The Balaban J connectivity index is 2.43. The van der Waals surface area contributed by atoms with Gasteiger partial charge in [0, 0.05) is 11.9 Å². The molecule has 0 saturated carbocycles. The number of alkyl halides is 3. The number of aromatic nitrogens is 2. The SMILES string of the molecule is COC(=O)c1cc(-n2ccc(C(F)(F)F)n2)ccc1N. The molecule has 0 saturated heterocycles. The summed E-state index contributed by atoms with van der Waals surface area (Å²) in [5.74, 6) is -0.674. The summed E-state index contributed by atoms with van der Waals surface area (Å²) in [5.41, 5.74) is 5.10. The lowest BCUT2D eigenvalue weighted by molar-refractivity contribution is -0.141. The fourth-order valence-corrected chi connectivity index (χ4v) is 1.59. The van der Waals surface area contributed by atoms with Crippen LogP contribution < -0.4 is 5.73 Å². The Morgan fingerprint density at radius 2 is 2.05 bits per heavy atom. The number of carbonyl (C=O) groups excluding carboxylic acids is 1. The standard InChI is InChI=1S/C12H10F3N3O2/c1-20-11(19)8-6-7(2-3-9(8)16)18-5-4-10(17-18)12(13,14)15/h2-6H,16H2,1H3. The molecule has 2 aromatic rings. The van der Waals surface area contributed by atoms with Gasteiger partial charge in [-0.2, -0.15) is 18.3 Å². The first kappa shape index (κ1) is 13.9. The van der Waals surface area contributed by atoms with Gasteiger partial charge in [-0.3, -0.25) is 0 Å². The third-order valence-corrected chi connectivity index (χ3v) is 2.59. The first-order valence-corrected chi connectivity index (χ1v) is 5.44. The van der Waals surface area contributed by atoms with E-state index in [0.29, 0.717) is 0 Å². The zero-order valence-corrected chi connectivity index (χ0v) is 10.3. The van der Waals surface area contributed by atoms with Crippen LogP contribution >= 0.6 is 0 Å². The van der Waals surface area contributed by atoms with E-state index in [9.17, 15) is 18.0 Å². The predicted octanol–water partition coefficient (Wildman–Crippen LogP) is 2.26. The number of hydrogen-bond donors (Lipinski definition) is 1. The van der Waals surface area contributed by atoms with Crippen LogP contribution in [0.2, 0.25) is 0 Å². The molecule has 20 heavy (non-hydrogen) atoms. The van der Waals surface area contributed by atoms with Gasteiger partial charge in [0.15, 0.2) is 5.69 Å². The third-order valence-electron chi connectivity index (χ3n) is 2.59. The molecule has 0 unspecified atom stereocenters. The first-order valence-electron chi connectivity index (χ1n) is 5.44. The topological polar surface area (TPSA) is 70.1 Å². The number of carbonyl (C=O) groups is 1. The summed E-state index contributed by atoms with van der Waals surface area (Å²) < 4.78 is 43.0. The van der Waals surface area contributed by atoms with E-state index in [0.717, 1.165) is 16.9 Å². The van der Waals surface area contributed by atoms with Crippen LogP contribution in [0.3, 0.4) is 0 Å². The van der Waals surface area contributed by atoms with Gasteiger partial charge in [-0.15, -0.1) is 0 Å². The molecule has 1 aromatic heterocycles. The molecule has 106 valence electrons. The molecule has 1 heterocycles. The highest BCUT2D eigenvalue weighted by Gasteiger charge is 2.33. The summed E-state index contributed by atoms with van der Waals surface area (Å²) in [6.07, 6.45) is -3.38. The minimum atomic E-state index is -4.52. The minimum Gasteiger partial charge on any atom is -0.465 e. The second kappa shape index (κ2) is 4.87. The summed E-state index contributed by atoms with van der Waals surface area (Å²) in [5, 5.41) is 3.41. The lowest BCUT2D eigenvalue weighted by atomic mass is 10.1. The fourth-order valence-electron chi connectivity index (χ4n) is 1.59. The van der Waals surface area contributed by atoms with Gasteiger partial charge in [-0.25, -0.2) is 9.48 Å². The normalized spacial score (nSPS) is 11.4.